The second-order valence-electron chi connectivity index (χ2n) is 4.27. The fourth-order valence-corrected chi connectivity index (χ4v) is 1.55. The zero-order valence-corrected chi connectivity index (χ0v) is 10.8. The van der Waals surface area contributed by atoms with Crippen molar-refractivity contribution in [3.63, 3.8) is 0 Å². The van der Waals surface area contributed by atoms with E-state index >= 15 is 0 Å². The summed E-state index contributed by atoms with van der Waals surface area (Å²) in [6.45, 7) is 2.36. The molecule has 0 spiro atoms. The topological polar surface area (TPSA) is 26.3 Å². The summed E-state index contributed by atoms with van der Waals surface area (Å²) in [5.74, 6) is -0.370. The van der Waals surface area contributed by atoms with Gasteiger partial charge in [0.05, 0.1) is 12.2 Å². The van der Waals surface area contributed by atoms with Crippen LogP contribution in [-0.4, -0.2) is 12.6 Å². The molecule has 2 nitrogen and oxygen atoms in total. The molecule has 0 bridgehead atoms. The Balaban J connectivity index is 2.47. The van der Waals surface area contributed by atoms with Crippen molar-refractivity contribution >= 4 is 5.97 Å². The van der Waals surface area contributed by atoms with Gasteiger partial charge in [-0.1, -0.05) is 31.5 Å². The second kappa shape index (κ2) is 7.16. The van der Waals surface area contributed by atoms with Crippen LogP contribution < -0.4 is 0 Å². The van der Waals surface area contributed by atoms with E-state index in [4.69, 9.17) is 4.74 Å². The van der Waals surface area contributed by atoms with Crippen LogP contribution >= 0.6 is 0 Å². The predicted octanol–water partition coefficient (Wildman–Crippen LogP) is 3.98. The van der Waals surface area contributed by atoms with Crippen molar-refractivity contribution in [3.8, 4) is 0 Å². The summed E-state index contributed by atoms with van der Waals surface area (Å²) >= 11 is 0. The van der Waals surface area contributed by atoms with E-state index < -0.39 is 11.7 Å². The summed E-state index contributed by atoms with van der Waals surface area (Å²) in [5, 5.41) is 0. The van der Waals surface area contributed by atoms with Crippen molar-refractivity contribution in [1.29, 1.82) is 0 Å². The maximum atomic E-state index is 12.5. The number of hydrogen-bond acceptors (Lipinski definition) is 2. The third-order valence-electron chi connectivity index (χ3n) is 2.63. The minimum Gasteiger partial charge on any atom is -0.466 e. The van der Waals surface area contributed by atoms with E-state index in [1.54, 1.807) is 6.07 Å². The molecule has 0 atom stereocenters. The molecule has 1 aromatic rings. The summed E-state index contributed by atoms with van der Waals surface area (Å²) in [6.07, 6.45) is -2.26. The van der Waals surface area contributed by atoms with Gasteiger partial charge in [0, 0.05) is 6.42 Å². The van der Waals surface area contributed by atoms with Crippen LogP contribution in [0.5, 0.6) is 0 Å². The lowest BCUT2D eigenvalue weighted by Gasteiger charge is -2.08. The molecule has 1 aromatic carbocycles. The van der Waals surface area contributed by atoms with Gasteiger partial charge < -0.3 is 4.74 Å². The smallest absolute Gasteiger partial charge is 0.416 e. The number of rotatable bonds is 6. The molecule has 0 amide bonds. The largest absolute Gasteiger partial charge is 0.466 e. The molecule has 0 unspecified atom stereocenters. The van der Waals surface area contributed by atoms with Crippen LogP contribution in [0.2, 0.25) is 0 Å². The third-order valence-corrected chi connectivity index (χ3v) is 2.63. The predicted molar refractivity (Wildman–Crippen MR) is 65.6 cm³/mol. The van der Waals surface area contributed by atoms with Crippen LogP contribution in [0.1, 0.15) is 37.3 Å². The van der Waals surface area contributed by atoms with Gasteiger partial charge in [-0.15, -0.1) is 0 Å². The molecule has 0 aliphatic carbocycles. The van der Waals surface area contributed by atoms with Gasteiger partial charge in [-0.25, -0.2) is 0 Å². The van der Waals surface area contributed by atoms with Gasteiger partial charge in [0.2, 0.25) is 0 Å². The van der Waals surface area contributed by atoms with E-state index in [1.807, 2.05) is 6.92 Å². The van der Waals surface area contributed by atoms with Crippen LogP contribution in [0.25, 0.3) is 0 Å². The highest BCUT2D eigenvalue weighted by molar-refractivity contribution is 5.69. The highest BCUT2D eigenvalue weighted by Gasteiger charge is 2.30. The van der Waals surface area contributed by atoms with Crippen LogP contribution in [0.3, 0.4) is 0 Å². The third kappa shape index (κ3) is 5.77. The molecule has 19 heavy (non-hydrogen) atoms. The monoisotopic (exact) mass is 274 g/mol. The molecule has 5 heteroatoms. The number of unbranched alkanes of at least 4 members (excludes halogenated alkanes) is 1. The zero-order chi connectivity index (χ0) is 14.3. The molecule has 0 aromatic heterocycles. The molecule has 1 rings (SSSR count). The Morgan fingerprint density at radius 3 is 2.68 bits per heavy atom. The minimum atomic E-state index is -4.35. The van der Waals surface area contributed by atoms with Gasteiger partial charge in [-0.05, 0) is 24.5 Å². The van der Waals surface area contributed by atoms with E-state index in [0.717, 1.165) is 25.0 Å². The van der Waals surface area contributed by atoms with Gasteiger partial charge >= 0.3 is 12.1 Å². The SMILES string of the molecule is CCCCOC(=O)CCc1cccc(C(F)(F)F)c1. The first kappa shape index (κ1) is 15.5. The standard InChI is InChI=1S/C14H17F3O2/c1-2-3-9-19-13(18)8-7-11-5-4-6-12(10-11)14(15,16)17/h4-6,10H,2-3,7-9H2,1H3. The summed E-state index contributed by atoms with van der Waals surface area (Å²) in [6, 6.07) is 5.01. The average Bonchev–Trinajstić information content (AvgIpc) is 2.36. The maximum absolute atomic E-state index is 12.5. The van der Waals surface area contributed by atoms with Crippen LogP contribution in [-0.2, 0) is 22.1 Å². The average molecular weight is 274 g/mol. The van der Waals surface area contributed by atoms with E-state index in [9.17, 15) is 18.0 Å². The van der Waals surface area contributed by atoms with Crippen molar-refractivity contribution in [3.05, 3.63) is 35.4 Å². The number of esters is 1. The number of alkyl halides is 3. The lowest BCUT2D eigenvalue weighted by atomic mass is 10.1. The molecule has 0 heterocycles. The van der Waals surface area contributed by atoms with Crippen molar-refractivity contribution in [2.75, 3.05) is 6.61 Å². The maximum Gasteiger partial charge on any atom is 0.416 e. The summed E-state index contributed by atoms with van der Waals surface area (Å²) in [5.41, 5.74) is -0.202. The number of carbonyl (C=O) groups is 1. The molecule has 0 fully saturated rings. The van der Waals surface area contributed by atoms with Crippen molar-refractivity contribution in [2.45, 2.75) is 38.8 Å². The van der Waals surface area contributed by atoms with E-state index in [2.05, 4.69) is 0 Å². The lowest BCUT2D eigenvalue weighted by molar-refractivity contribution is -0.143. The Labute approximate surface area is 110 Å². The first-order chi connectivity index (χ1) is 8.93. The van der Waals surface area contributed by atoms with E-state index in [0.29, 0.717) is 12.2 Å². The first-order valence-electron chi connectivity index (χ1n) is 6.25. The van der Waals surface area contributed by atoms with Gasteiger partial charge in [0.25, 0.3) is 0 Å². The summed E-state index contributed by atoms with van der Waals surface area (Å²) < 4.78 is 42.4. The number of benzene rings is 1. The highest BCUT2D eigenvalue weighted by Crippen LogP contribution is 2.29. The van der Waals surface area contributed by atoms with Gasteiger partial charge in [-0.2, -0.15) is 13.2 Å². The van der Waals surface area contributed by atoms with Gasteiger partial charge in [-0.3, -0.25) is 4.79 Å². The Morgan fingerprint density at radius 1 is 1.32 bits per heavy atom. The van der Waals surface area contributed by atoms with E-state index in [1.165, 1.54) is 6.07 Å². The van der Waals surface area contributed by atoms with E-state index in [-0.39, 0.29) is 18.8 Å². The number of aryl methyl sites for hydroxylation is 1. The second-order valence-corrected chi connectivity index (χ2v) is 4.27. The molecule has 0 saturated heterocycles. The van der Waals surface area contributed by atoms with Gasteiger partial charge in [0.15, 0.2) is 0 Å². The number of ether oxygens (including phenoxy) is 1. The summed E-state index contributed by atoms with van der Waals surface area (Å²) in [7, 11) is 0. The minimum absolute atomic E-state index is 0.102. The normalized spacial score (nSPS) is 11.4. The fourth-order valence-electron chi connectivity index (χ4n) is 1.55. The lowest BCUT2D eigenvalue weighted by Crippen LogP contribution is -2.08. The molecule has 0 aliphatic rings. The Kier molecular flexibility index (Phi) is 5.86. The molecule has 0 N–H and O–H groups in total. The quantitative estimate of drug-likeness (QED) is 0.579. The number of halogens is 3. The van der Waals surface area contributed by atoms with Crippen LogP contribution in [0.15, 0.2) is 24.3 Å². The molecule has 0 saturated carbocycles. The molecular weight excluding hydrogens is 257 g/mol. The van der Waals surface area contributed by atoms with Crippen molar-refractivity contribution in [1.82, 2.24) is 0 Å². The Morgan fingerprint density at radius 2 is 2.05 bits per heavy atom. The number of hydrogen-bond donors (Lipinski definition) is 0. The molecule has 0 aliphatic heterocycles. The van der Waals surface area contributed by atoms with Crippen molar-refractivity contribution in [2.24, 2.45) is 0 Å². The first-order valence-corrected chi connectivity index (χ1v) is 6.25. The molecule has 106 valence electrons. The van der Waals surface area contributed by atoms with Crippen LogP contribution in [0, 0.1) is 0 Å². The summed E-state index contributed by atoms with van der Waals surface area (Å²) in [4.78, 5) is 11.3. The zero-order valence-electron chi connectivity index (χ0n) is 10.8. The molecular formula is C14H17F3O2. The van der Waals surface area contributed by atoms with Gasteiger partial charge in [0.1, 0.15) is 0 Å². The van der Waals surface area contributed by atoms with Crippen LogP contribution in [0.4, 0.5) is 13.2 Å². The van der Waals surface area contributed by atoms with Crippen molar-refractivity contribution < 1.29 is 22.7 Å². The molecule has 0 radical (unpaired) electrons. The Hall–Kier alpha value is -1.52. The number of carbonyl (C=O) groups excluding carboxylic acids is 1. The highest BCUT2D eigenvalue weighted by atomic mass is 19.4. The fraction of sp³-hybridized carbons (Fsp3) is 0.500. The Bertz CT molecular complexity index is 413.